The lowest BCUT2D eigenvalue weighted by Crippen LogP contribution is -2.10. The van der Waals surface area contributed by atoms with Crippen LogP contribution >= 0.6 is 0 Å². The van der Waals surface area contributed by atoms with Crippen molar-refractivity contribution in [3.05, 3.63) is 61.3 Å². The highest BCUT2D eigenvalue weighted by atomic mass is 16.5. The van der Waals surface area contributed by atoms with Gasteiger partial charge in [0.25, 0.3) is 0 Å². The van der Waals surface area contributed by atoms with Gasteiger partial charge in [0.2, 0.25) is 0 Å². The van der Waals surface area contributed by atoms with Gasteiger partial charge in [0, 0.05) is 30.6 Å². The smallest absolute Gasteiger partial charge is 0.121 e. The highest BCUT2D eigenvalue weighted by molar-refractivity contribution is 5.61. The fourth-order valence-electron chi connectivity index (χ4n) is 2.14. The Kier molecular flexibility index (Phi) is 3.93. The maximum Gasteiger partial charge on any atom is 0.121 e. The number of hydrogen-bond donors (Lipinski definition) is 1. The molecule has 0 amide bonds. The van der Waals surface area contributed by atoms with E-state index in [2.05, 4.69) is 9.97 Å². The maximum absolute atomic E-state index is 5.57. The van der Waals surface area contributed by atoms with E-state index in [9.17, 15) is 0 Å². The van der Waals surface area contributed by atoms with E-state index in [0.717, 1.165) is 22.7 Å². The molecular formula is C16H16N4O. The zero-order chi connectivity index (χ0) is 14.5. The van der Waals surface area contributed by atoms with Gasteiger partial charge in [-0.2, -0.15) is 0 Å². The van der Waals surface area contributed by atoms with Crippen LogP contribution in [0.4, 0.5) is 0 Å². The number of rotatable bonds is 5. The van der Waals surface area contributed by atoms with Crippen molar-refractivity contribution < 1.29 is 4.74 Å². The Morgan fingerprint density at radius 3 is 2.76 bits per heavy atom. The molecule has 2 N–H and O–H groups in total. The number of benzene rings is 1. The predicted octanol–water partition coefficient (Wildman–Crippen LogP) is 2.27. The van der Waals surface area contributed by atoms with Crippen LogP contribution < -0.4 is 10.5 Å². The highest BCUT2D eigenvalue weighted by Gasteiger charge is 2.07. The third-order valence-corrected chi connectivity index (χ3v) is 3.10. The summed E-state index contributed by atoms with van der Waals surface area (Å²) in [6, 6.07) is 11.8. The monoisotopic (exact) mass is 280 g/mol. The van der Waals surface area contributed by atoms with E-state index >= 15 is 0 Å². The summed E-state index contributed by atoms with van der Waals surface area (Å²) >= 11 is 0. The van der Waals surface area contributed by atoms with Crippen LogP contribution in [0.3, 0.4) is 0 Å². The molecule has 0 aliphatic rings. The number of ether oxygens (including phenoxy) is 1. The van der Waals surface area contributed by atoms with Gasteiger partial charge in [-0.05, 0) is 24.3 Å². The molecule has 0 atom stereocenters. The molecule has 5 nitrogen and oxygen atoms in total. The molecule has 106 valence electrons. The van der Waals surface area contributed by atoms with Crippen molar-refractivity contribution in [3.63, 3.8) is 0 Å². The average molecular weight is 280 g/mol. The van der Waals surface area contributed by atoms with E-state index in [1.807, 2.05) is 47.2 Å². The third kappa shape index (κ3) is 2.93. The van der Waals surface area contributed by atoms with E-state index < -0.39 is 0 Å². The highest BCUT2D eigenvalue weighted by Crippen LogP contribution is 2.24. The van der Waals surface area contributed by atoms with Crippen molar-refractivity contribution in [2.45, 2.75) is 0 Å². The summed E-state index contributed by atoms with van der Waals surface area (Å²) in [7, 11) is 0. The van der Waals surface area contributed by atoms with Crippen molar-refractivity contribution in [1.82, 2.24) is 14.5 Å². The molecule has 0 saturated heterocycles. The van der Waals surface area contributed by atoms with Crippen LogP contribution in [-0.4, -0.2) is 27.7 Å². The van der Waals surface area contributed by atoms with Gasteiger partial charge in [0.15, 0.2) is 0 Å². The fraction of sp³-hybridized carbons (Fsp3) is 0.125. The summed E-state index contributed by atoms with van der Waals surface area (Å²) in [5.41, 5.74) is 8.53. The topological polar surface area (TPSA) is 66.0 Å². The van der Waals surface area contributed by atoms with Crippen LogP contribution in [0, 0.1) is 0 Å². The first-order valence-corrected chi connectivity index (χ1v) is 6.74. The van der Waals surface area contributed by atoms with Gasteiger partial charge >= 0.3 is 0 Å². The molecule has 2 aromatic heterocycles. The van der Waals surface area contributed by atoms with Crippen LogP contribution in [0.1, 0.15) is 0 Å². The summed E-state index contributed by atoms with van der Waals surface area (Å²) in [5, 5.41) is 0. The molecule has 0 aliphatic carbocycles. The standard InChI is InChI=1S/C16H16N4O/c17-6-9-21-15-3-1-2-14(10-15)20-12-19-11-16(20)13-4-7-18-8-5-13/h1-5,7-8,10-12H,6,9,17H2. The second-order valence-corrected chi connectivity index (χ2v) is 4.52. The van der Waals surface area contributed by atoms with Crippen LogP contribution in [0.15, 0.2) is 61.3 Å². The summed E-state index contributed by atoms with van der Waals surface area (Å²) in [5.74, 6) is 0.798. The maximum atomic E-state index is 5.57. The van der Waals surface area contributed by atoms with Crippen LogP contribution in [0.5, 0.6) is 5.75 Å². The molecule has 1 aromatic carbocycles. The van der Waals surface area contributed by atoms with Crippen molar-refractivity contribution >= 4 is 0 Å². The number of nitrogens with zero attached hydrogens (tertiary/aromatic N) is 3. The minimum Gasteiger partial charge on any atom is -0.492 e. The van der Waals surface area contributed by atoms with Crippen LogP contribution in [0.2, 0.25) is 0 Å². The molecule has 0 aliphatic heterocycles. The molecule has 0 fully saturated rings. The van der Waals surface area contributed by atoms with Crippen molar-refractivity contribution in [2.75, 3.05) is 13.2 Å². The molecule has 0 unspecified atom stereocenters. The van der Waals surface area contributed by atoms with E-state index in [4.69, 9.17) is 10.5 Å². The molecule has 5 heteroatoms. The van der Waals surface area contributed by atoms with E-state index in [-0.39, 0.29) is 0 Å². The molecule has 0 bridgehead atoms. The average Bonchev–Trinajstić information content (AvgIpc) is 3.04. The Hall–Kier alpha value is -2.66. The zero-order valence-electron chi connectivity index (χ0n) is 11.5. The number of pyridine rings is 1. The summed E-state index contributed by atoms with van der Waals surface area (Å²) in [4.78, 5) is 8.29. The lowest BCUT2D eigenvalue weighted by Gasteiger charge is -2.10. The first-order valence-electron chi connectivity index (χ1n) is 6.74. The Labute approximate surface area is 123 Å². The quantitative estimate of drug-likeness (QED) is 0.778. The zero-order valence-corrected chi connectivity index (χ0v) is 11.5. The number of nitrogens with two attached hydrogens (primary N) is 1. The van der Waals surface area contributed by atoms with Gasteiger partial charge < -0.3 is 10.5 Å². The molecule has 3 rings (SSSR count). The SMILES string of the molecule is NCCOc1cccc(-n2cncc2-c2ccncc2)c1. The molecule has 3 aromatic rings. The molecule has 2 heterocycles. The van der Waals surface area contributed by atoms with Crippen LogP contribution in [-0.2, 0) is 0 Å². The van der Waals surface area contributed by atoms with Crippen molar-refractivity contribution in [2.24, 2.45) is 5.73 Å². The molecule has 0 saturated carbocycles. The summed E-state index contributed by atoms with van der Waals surface area (Å²) in [6.07, 6.45) is 7.17. The Bertz CT molecular complexity index is 709. The second kappa shape index (κ2) is 6.19. The second-order valence-electron chi connectivity index (χ2n) is 4.52. The van der Waals surface area contributed by atoms with Gasteiger partial charge in [-0.25, -0.2) is 4.98 Å². The third-order valence-electron chi connectivity index (χ3n) is 3.10. The van der Waals surface area contributed by atoms with Gasteiger partial charge in [-0.15, -0.1) is 0 Å². The Balaban J connectivity index is 1.97. The first-order chi connectivity index (χ1) is 10.4. The van der Waals surface area contributed by atoms with E-state index in [0.29, 0.717) is 13.2 Å². The van der Waals surface area contributed by atoms with Crippen molar-refractivity contribution in [1.29, 1.82) is 0 Å². The van der Waals surface area contributed by atoms with Crippen molar-refractivity contribution in [3.8, 4) is 22.7 Å². The Morgan fingerprint density at radius 1 is 1.10 bits per heavy atom. The van der Waals surface area contributed by atoms with Gasteiger partial charge in [0.05, 0.1) is 23.9 Å². The minimum absolute atomic E-state index is 0.498. The summed E-state index contributed by atoms with van der Waals surface area (Å²) < 4.78 is 7.59. The Morgan fingerprint density at radius 2 is 1.95 bits per heavy atom. The van der Waals surface area contributed by atoms with E-state index in [1.165, 1.54) is 0 Å². The molecule has 21 heavy (non-hydrogen) atoms. The van der Waals surface area contributed by atoms with Crippen LogP contribution in [0.25, 0.3) is 16.9 Å². The number of imidazole rings is 1. The lowest BCUT2D eigenvalue weighted by atomic mass is 10.2. The lowest BCUT2D eigenvalue weighted by molar-refractivity contribution is 0.328. The predicted molar refractivity (Wildman–Crippen MR) is 81.3 cm³/mol. The molecular weight excluding hydrogens is 264 g/mol. The summed E-state index contributed by atoms with van der Waals surface area (Å²) in [6.45, 7) is 1.00. The largest absolute Gasteiger partial charge is 0.492 e. The fourth-order valence-corrected chi connectivity index (χ4v) is 2.14. The molecule has 0 spiro atoms. The van der Waals surface area contributed by atoms with Gasteiger partial charge in [0.1, 0.15) is 12.4 Å². The van der Waals surface area contributed by atoms with Gasteiger partial charge in [-0.3, -0.25) is 9.55 Å². The van der Waals surface area contributed by atoms with Gasteiger partial charge in [-0.1, -0.05) is 6.07 Å². The normalized spacial score (nSPS) is 10.5. The minimum atomic E-state index is 0.498. The molecule has 0 radical (unpaired) electrons. The number of hydrogen-bond acceptors (Lipinski definition) is 4. The number of aromatic nitrogens is 3. The first kappa shape index (κ1) is 13.3. The van der Waals surface area contributed by atoms with E-state index in [1.54, 1.807) is 18.7 Å².